The van der Waals surface area contributed by atoms with E-state index in [0.29, 0.717) is 6.42 Å². The molecule has 0 aromatic carbocycles. The lowest BCUT2D eigenvalue weighted by molar-refractivity contribution is -0.313. The Kier molecular flexibility index (Phi) is 20.0. The molecule has 0 saturated carbocycles. The molecule has 0 fully saturated rings. The molecule has 0 radical (unpaired) electrons. The molecule has 26 heavy (non-hydrogen) atoms. The molecule has 0 rings (SSSR count). The second-order valence-electron chi connectivity index (χ2n) is 8.05. The SMILES string of the molecule is CCCCCCCCCCCCCCCCCCCCCCP(=O)([O-])[O-]. The summed E-state index contributed by atoms with van der Waals surface area (Å²) in [7, 11) is -4.26. The summed E-state index contributed by atoms with van der Waals surface area (Å²) in [5, 5.41) is 0. The Labute approximate surface area is 163 Å². The minimum absolute atomic E-state index is 0.161. The van der Waals surface area contributed by atoms with Gasteiger partial charge in [0.25, 0.3) is 0 Å². The van der Waals surface area contributed by atoms with E-state index < -0.39 is 7.60 Å². The molecule has 3 nitrogen and oxygen atoms in total. The van der Waals surface area contributed by atoms with Gasteiger partial charge in [0.15, 0.2) is 0 Å². The van der Waals surface area contributed by atoms with Gasteiger partial charge in [0.1, 0.15) is 0 Å². The summed E-state index contributed by atoms with van der Waals surface area (Å²) in [6.45, 7) is 2.28. The Morgan fingerprint density at radius 1 is 0.462 bits per heavy atom. The van der Waals surface area contributed by atoms with Crippen molar-refractivity contribution in [2.75, 3.05) is 6.16 Å². The summed E-state index contributed by atoms with van der Waals surface area (Å²) < 4.78 is 10.5. The topological polar surface area (TPSA) is 63.2 Å². The second kappa shape index (κ2) is 19.9. The maximum atomic E-state index is 10.5. The fourth-order valence-corrected chi connectivity index (χ4v) is 4.17. The molecule has 0 saturated heterocycles. The molecule has 0 aromatic rings. The summed E-state index contributed by atoms with van der Waals surface area (Å²) in [5.74, 6) is 0. The van der Waals surface area contributed by atoms with Crippen LogP contribution in [0.3, 0.4) is 0 Å². The minimum Gasteiger partial charge on any atom is -0.811 e. The van der Waals surface area contributed by atoms with Crippen molar-refractivity contribution in [2.45, 2.75) is 135 Å². The molecule has 0 heterocycles. The van der Waals surface area contributed by atoms with Crippen LogP contribution in [0.25, 0.3) is 0 Å². The minimum atomic E-state index is -4.26. The van der Waals surface area contributed by atoms with Crippen LogP contribution in [0, 0.1) is 0 Å². The van der Waals surface area contributed by atoms with Crippen molar-refractivity contribution < 1.29 is 14.4 Å². The van der Waals surface area contributed by atoms with Gasteiger partial charge in [-0.3, -0.25) is 0 Å². The molecular weight excluding hydrogens is 343 g/mol. The standard InChI is InChI=1S/C22H47O3P/c1-2-3-4-5-6-7-8-9-10-11-12-13-14-15-16-17-18-19-20-21-22-26(23,24)25/h2-22H2,1H3,(H2,23,24,25)/p-2. The molecule has 0 aliphatic rings. The monoisotopic (exact) mass is 388 g/mol. The van der Waals surface area contributed by atoms with Crippen molar-refractivity contribution in [3.63, 3.8) is 0 Å². The molecule has 4 heteroatoms. The zero-order chi connectivity index (χ0) is 19.3. The lowest BCUT2D eigenvalue weighted by atomic mass is 10.0. The average molecular weight is 389 g/mol. The Hall–Kier alpha value is 0.150. The van der Waals surface area contributed by atoms with Gasteiger partial charge in [-0.1, -0.05) is 137 Å². The second-order valence-corrected chi connectivity index (χ2v) is 9.72. The molecule has 0 spiro atoms. The summed E-state index contributed by atoms with van der Waals surface area (Å²) in [4.78, 5) is 21.0. The van der Waals surface area contributed by atoms with E-state index in [9.17, 15) is 14.4 Å². The maximum absolute atomic E-state index is 10.5. The Morgan fingerprint density at radius 3 is 0.923 bits per heavy atom. The van der Waals surface area contributed by atoms with Crippen molar-refractivity contribution in [1.29, 1.82) is 0 Å². The third-order valence-corrected chi connectivity index (χ3v) is 6.15. The van der Waals surface area contributed by atoms with Gasteiger partial charge in [-0.05, 0) is 12.6 Å². The van der Waals surface area contributed by atoms with Gasteiger partial charge >= 0.3 is 0 Å². The highest BCUT2D eigenvalue weighted by molar-refractivity contribution is 7.48. The third kappa shape index (κ3) is 24.1. The molecule has 0 amide bonds. The molecule has 0 aliphatic heterocycles. The molecule has 0 aromatic heterocycles. The van der Waals surface area contributed by atoms with E-state index in [1.54, 1.807) is 0 Å². The predicted molar refractivity (Wildman–Crippen MR) is 110 cm³/mol. The number of hydrogen-bond acceptors (Lipinski definition) is 3. The molecule has 0 atom stereocenters. The van der Waals surface area contributed by atoms with Crippen LogP contribution >= 0.6 is 7.60 Å². The van der Waals surface area contributed by atoms with E-state index in [2.05, 4.69) is 6.92 Å². The number of rotatable bonds is 21. The maximum Gasteiger partial charge on any atom is -0.0250 e. The molecule has 0 aliphatic carbocycles. The average Bonchev–Trinajstić information content (AvgIpc) is 2.59. The van der Waals surface area contributed by atoms with Crippen molar-refractivity contribution in [2.24, 2.45) is 0 Å². The first kappa shape index (κ1) is 26.1. The molecular formula is C22H45O3P-2. The van der Waals surface area contributed by atoms with Crippen molar-refractivity contribution in [3.8, 4) is 0 Å². The third-order valence-electron chi connectivity index (χ3n) is 5.29. The van der Waals surface area contributed by atoms with E-state index in [-0.39, 0.29) is 6.16 Å². The fraction of sp³-hybridized carbons (Fsp3) is 1.00. The van der Waals surface area contributed by atoms with Gasteiger partial charge in [0.2, 0.25) is 0 Å². The lowest BCUT2D eigenvalue weighted by Gasteiger charge is -2.29. The van der Waals surface area contributed by atoms with E-state index in [1.807, 2.05) is 0 Å². The van der Waals surface area contributed by atoms with Crippen LogP contribution in [0.4, 0.5) is 0 Å². The van der Waals surface area contributed by atoms with E-state index in [0.717, 1.165) is 12.8 Å². The first-order valence-corrected chi connectivity index (χ1v) is 13.3. The summed E-state index contributed by atoms with van der Waals surface area (Å²) in [6, 6.07) is 0. The number of unbranched alkanes of at least 4 members (excludes halogenated alkanes) is 19. The molecule has 158 valence electrons. The van der Waals surface area contributed by atoms with Crippen molar-refractivity contribution in [3.05, 3.63) is 0 Å². The highest BCUT2D eigenvalue weighted by atomic mass is 31.2. The molecule has 0 bridgehead atoms. The van der Waals surface area contributed by atoms with E-state index in [1.165, 1.54) is 109 Å². The Balaban J connectivity index is 3.02. The highest BCUT2D eigenvalue weighted by Gasteiger charge is 1.96. The summed E-state index contributed by atoms with van der Waals surface area (Å²) in [6.07, 6.45) is 25.8. The Morgan fingerprint density at radius 2 is 0.692 bits per heavy atom. The van der Waals surface area contributed by atoms with E-state index in [4.69, 9.17) is 0 Å². The van der Waals surface area contributed by atoms with Gasteiger partial charge in [0.05, 0.1) is 0 Å². The van der Waals surface area contributed by atoms with Gasteiger partial charge in [-0.25, -0.2) is 0 Å². The van der Waals surface area contributed by atoms with Crippen LogP contribution in [-0.2, 0) is 4.57 Å². The van der Waals surface area contributed by atoms with Crippen LogP contribution in [0.2, 0.25) is 0 Å². The highest BCUT2D eigenvalue weighted by Crippen LogP contribution is 2.25. The first-order chi connectivity index (χ1) is 12.6. The molecule has 0 N–H and O–H groups in total. The summed E-state index contributed by atoms with van der Waals surface area (Å²) in [5.41, 5.74) is 0. The number of hydrogen-bond donors (Lipinski definition) is 0. The smallest absolute Gasteiger partial charge is 0.0250 e. The predicted octanol–water partition coefficient (Wildman–Crippen LogP) is 6.72. The molecule has 0 unspecified atom stereocenters. The zero-order valence-electron chi connectivity index (χ0n) is 17.5. The zero-order valence-corrected chi connectivity index (χ0v) is 18.4. The van der Waals surface area contributed by atoms with Crippen LogP contribution in [-0.4, -0.2) is 6.16 Å². The van der Waals surface area contributed by atoms with Gasteiger partial charge < -0.3 is 14.4 Å². The summed E-state index contributed by atoms with van der Waals surface area (Å²) >= 11 is 0. The van der Waals surface area contributed by atoms with Crippen LogP contribution in [0.15, 0.2) is 0 Å². The lowest BCUT2D eigenvalue weighted by Crippen LogP contribution is -2.16. The van der Waals surface area contributed by atoms with E-state index >= 15 is 0 Å². The van der Waals surface area contributed by atoms with Crippen LogP contribution < -0.4 is 9.79 Å². The van der Waals surface area contributed by atoms with Crippen molar-refractivity contribution in [1.82, 2.24) is 0 Å². The van der Waals surface area contributed by atoms with Gasteiger partial charge in [0, 0.05) is 0 Å². The van der Waals surface area contributed by atoms with Crippen LogP contribution in [0.1, 0.15) is 135 Å². The van der Waals surface area contributed by atoms with Gasteiger partial charge in [-0.2, -0.15) is 0 Å². The normalized spacial score (nSPS) is 12.0. The quantitative estimate of drug-likeness (QED) is 0.162. The Bertz CT molecular complexity index is 315. The first-order valence-electron chi connectivity index (χ1n) is 11.6. The fourth-order valence-electron chi connectivity index (χ4n) is 3.56. The van der Waals surface area contributed by atoms with Crippen molar-refractivity contribution >= 4 is 7.60 Å². The van der Waals surface area contributed by atoms with Crippen LogP contribution in [0.5, 0.6) is 0 Å². The van der Waals surface area contributed by atoms with Gasteiger partial charge in [-0.15, -0.1) is 0 Å². The largest absolute Gasteiger partial charge is 0.811 e.